The molecule has 0 aromatic heterocycles. The molecule has 0 aromatic rings. The molecule has 1 atom stereocenters. The first-order valence-electron chi connectivity index (χ1n) is 6.24. The highest BCUT2D eigenvalue weighted by atomic mass is 16.1. The summed E-state index contributed by atoms with van der Waals surface area (Å²) in [7, 11) is 0. The van der Waals surface area contributed by atoms with E-state index in [0.29, 0.717) is 6.42 Å². The average molecular weight is 212 g/mol. The molecular weight excluding hydrogens is 188 g/mol. The molecular formula is C12H24N2O. The highest BCUT2D eigenvalue weighted by Crippen LogP contribution is 2.15. The van der Waals surface area contributed by atoms with Gasteiger partial charge in [-0.25, -0.2) is 0 Å². The number of hydrogen-bond donors (Lipinski definition) is 1. The van der Waals surface area contributed by atoms with E-state index in [1.54, 1.807) is 0 Å². The lowest BCUT2D eigenvalue weighted by molar-refractivity contribution is -0.120. The van der Waals surface area contributed by atoms with Crippen molar-refractivity contribution >= 4 is 5.91 Å². The zero-order valence-corrected chi connectivity index (χ0v) is 10.1. The van der Waals surface area contributed by atoms with Gasteiger partial charge in [-0.05, 0) is 32.7 Å². The molecule has 0 aliphatic carbocycles. The Morgan fingerprint density at radius 1 is 1.47 bits per heavy atom. The van der Waals surface area contributed by atoms with Crippen LogP contribution in [-0.4, -0.2) is 36.5 Å². The minimum atomic E-state index is 0.168. The second kappa shape index (κ2) is 6.83. The summed E-state index contributed by atoms with van der Waals surface area (Å²) >= 11 is 0. The van der Waals surface area contributed by atoms with Gasteiger partial charge in [0.05, 0.1) is 0 Å². The first-order valence-corrected chi connectivity index (χ1v) is 6.24. The Kier molecular flexibility index (Phi) is 5.69. The first-order chi connectivity index (χ1) is 7.24. The minimum absolute atomic E-state index is 0.168. The van der Waals surface area contributed by atoms with E-state index >= 15 is 0 Å². The summed E-state index contributed by atoms with van der Waals surface area (Å²) in [6, 6.07) is 0.737. The summed E-state index contributed by atoms with van der Waals surface area (Å²) in [4.78, 5) is 13.5. The quantitative estimate of drug-likeness (QED) is 0.705. The summed E-state index contributed by atoms with van der Waals surface area (Å²) < 4.78 is 0. The molecule has 3 heteroatoms. The number of nitrogens with one attached hydrogen (secondary N) is 1. The third-order valence-corrected chi connectivity index (χ3v) is 3.21. The van der Waals surface area contributed by atoms with Crippen LogP contribution < -0.4 is 5.32 Å². The van der Waals surface area contributed by atoms with Crippen molar-refractivity contribution in [2.45, 2.75) is 52.0 Å². The first kappa shape index (κ1) is 12.5. The second-order valence-electron chi connectivity index (χ2n) is 4.44. The van der Waals surface area contributed by atoms with Crippen molar-refractivity contribution in [1.29, 1.82) is 0 Å². The number of amides is 1. The van der Waals surface area contributed by atoms with Crippen LogP contribution in [0.15, 0.2) is 0 Å². The number of rotatable bonds is 5. The second-order valence-corrected chi connectivity index (χ2v) is 4.44. The Morgan fingerprint density at radius 3 is 2.93 bits per heavy atom. The molecule has 88 valence electrons. The molecule has 1 saturated heterocycles. The predicted molar refractivity (Wildman–Crippen MR) is 62.8 cm³/mol. The Bertz CT molecular complexity index is 194. The van der Waals surface area contributed by atoms with Crippen LogP contribution in [0.1, 0.15) is 46.0 Å². The SMILES string of the molecule is CCC(=O)NCCCN1CCCCC1C. The minimum Gasteiger partial charge on any atom is -0.356 e. The van der Waals surface area contributed by atoms with Crippen LogP contribution in [0, 0.1) is 0 Å². The maximum atomic E-state index is 11.0. The van der Waals surface area contributed by atoms with E-state index in [4.69, 9.17) is 0 Å². The molecule has 0 saturated carbocycles. The lowest BCUT2D eigenvalue weighted by Crippen LogP contribution is -2.39. The molecule has 0 spiro atoms. The monoisotopic (exact) mass is 212 g/mol. The Morgan fingerprint density at radius 2 is 2.27 bits per heavy atom. The molecule has 0 radical (unpaired) electrons. The van der Waals surface area contributed by atoms with E-state index in [-0.39, 0.29) is 5.91 Å². The molecule has 1 rings (SSSR count). The van der Waals surface area contributed by atoms with Crippen LogP contribution in [0.4, 0.5) is 0 Å². The summed E-state index contributed by atoms with van der Waals surface area (Å²) in [6.07, 6.45) is 5.73. The van der Waals surface area contributed by atoms with Gasteiger partial charge in [-0.3, -0.25) is 4.79 Å². The van der Waals surface area contributed by atoms with Crippen LogP contribution in [0.25, 0.3) is 0 Å². The molecule has 1 unspecified atom stereocenters. The zero-order valence-electron chi connectivity index (χ0n) is 10.1. The van der Waals surface area contributed by atoms with Crippen molar-refractivity contribution in [3.05, 3.63) is 0 Å². The van der Waals surface area contributed by atoms with Gasteiger partial charge in [0.25, 0.3) is 0 Å². The summed E-state index contributed by atoms with van der Waals surface area (Å²) in [6.45, 7) is 7.40. The fourth-order valence-electron chi connectivity index (χ4n) is 2.12. The van der Waals surface area contributed by atoms with Gasteiger partial charge in [0.2, 0.25) is 5.91 Å². The predicted octanol–water partition coefficient (Wildman–Crippen LogP) is 1.78. The normalized spacial score (nSPS) is 22.7. The van der Waals surface area contributed by atoms with Crippen molar-refractivity contribution in [2.75, 3.05) is 19.6 Å². The average Bonchev–Trinajstić information content (AvgIpc) is 2.26. The summed E-state index contributed by atoms with van der Waals surface area (Å²) in [5, 5.41) is 2.92. The largest absolute Gasteiger partial charge is 0.356 e. The van der Waals surface area contributed by atoms with Crippen LogP contribution in [0.3, 0.4) is 0 Å². The lowest BCUT2D eigenvalue weighted by Gasteiger charge is -2.33. The zero-order chi connectivity index (χ0) is 11.1. The lowest BCUT2D eigenvalue weighted by atomic mass is 10.0. The Labute approximate surface area is 93.2 Å². The van der Waals surface area contributed by atoms with Crippen LogP contribution in [-0.2, 0) is 4.79 Å². The van der Waals surface area contributed by atoms with Crippen LogP contribution >= 0.6 is 0 Å². The fraction of sp³-hybridized carbons (Fsp3) is 0.917. The van der Waals surface area contributed by atoms with Crippen molar-refractivity contribution in [2.24, 2.45) is 0 Å². The summed E-state index contributed by atoms with van der Waals surface area (Å²) in [5.74, 6) is 0.168. The topological polar surface area (TPSA) is 32.3 Å². The molecule has 1 heterocycles. The van der Waals surface area contributed by atoms with Crippen molar-refractivity contribution in [3.63, 3.8) is 0 Å². The Hall–Kier alpha value is -0.570. The molecule has 0 aromatic carbocycles. The van der Waals surface area contributed by atoms with Crippen LogP contribution in [0.5, 0.6) is 0 Å². The van der Waals surface area contributed by atoms with Gasteiger partial charge in [0.1, 0.15) is 0 Å². The molecule has 3 nitrogen and oxygen atoms in total. The number of hydrogen-bond acceptors (Lipinski definition) is 2. The van der Waals surface area contributed by atoms with E-state index in [9.17, 15) is 4.79 Å². The molecule has 1 fully saturated rings. The van der Waals surface area contributed by atoms with Crippen molar-refractivity contribution in [1.82, 2.24) is 10.2 Å². The van der Waals surface area contributed by atoms with Gasteiger partial charge in [-0.2, -0.15) is 0 Å². The summed E-state index contributed by atoms with van der Waals surface area (Å²) in [5.41, 5.74) is 0. The third kappa shape index (κ3) is 4.65. The molecule has 15 heavy (non-hydrogen) atoms. The molecule has 0 bridgehead atoms. The van der Waals surface area contributed by atoms with Gasteiger partial charge in [0.15, 0.2) is 0 Å². The van der Waals surface area contributed by atoms with Crippen LogP contribution in [0.2, 0.25) is 0 Å². The molecule has 1 aliphatic rings. The van der Waals surface area contributed by atoms with E-state index < -0.39 is 0 Å². The van der Waals surface area contributed by atoms with Gasteiger partial charge < -0.3 is 10.2 Å². The molecule has 1 amide bonds. The third-order valence-electron chi connectivity index (χ3n) is 3.21. The fourth-order valence-corrected chi connectivity index (χ4v) is 2.12. The van der Waals surface area contributed by atoms with E-state index in [2.05, 4.69) is 17.1 Å². The number of nitrogens with zero attached hydrogens (tertiary/aromatic N) is 1. The number of carbonyl (C=O) groups excluding carboxylic acids is 1. The highest BCUT2D eigenvalue weighted by Gasteiger charge is 2.16. The maximum absolute atomic E-state index is 11.0. The standard InChI is InChI=1S/C12H24N2O/c1-3-12(15)13-8-6-10-14-9-5-4-7-11(14)2/h11H,3-10H2,1-2H3,(H,13,15). The molecule has 1 aliphatic heterocycles. The van der Waals surface area contributed by atoms with E-state index in [1.165, 1.54) is 25.8 Å². The van der Waals surface area contributed by atoms with Gasteiger partial charge >= 0.3 is 0 Å². The van der Waals surface area contributed by atoms with Crippen molar-refractivity contribution < 1.29 is 4.79 Å². The van der Waals surface area contributed by atoms with E-state index in [0.717, 1.165) is 25.6 Å². The smallest absolute Gasteiger partial charge is 0.219 e. The highest BCUT2D eigenvalue weighted by molar-refractivity contribution is 5.75. The van der Waals surface area contributed by atoms with Gasteiger partial charge in [-0.1, -0.05) is 13.3 Å². The van der Waals surface area contributed by atoms with Gasteiger partial charge in [0, 0.05) is 25.6 Å². The molecule has 1 N–H and O–H groups in total. The maximum Gasteiger partial charge on any atom is 0.219 e. The van der Waals surface area contributed by atoms with E-state index in [1.807, 2.05) is 6.92 Å². The number of piperidine rings is 1. The number of likely N-dealkylation sites (tertiary alicyclic amines) is 1. The Balaban J connectivity index is 2.06. The number of carbonyl (C=O) groups is 1. The van der Waals surface area contributed by atoms with Gasteiger partial charge in [-0.15, -0.1) is 0 Å². The van der Waals surface area contributed by atoms with Crippen molar-refractivity contribution in [3.8, 4) is 0 Å².